The number of hydrogen-bond acceptors (Lipinski definition) is 5. The summed E-state index contributed by atoms with van der Waals surface area (Å²) in [5, 5.41) is 4.03. The van der Waals surface area contributed by atoms with Gasteiger partial charge in [-0.2, -0.15) is 5.10 Å². The lowest BCUT2D eigenvalue weighted by atomic mass is 10.1. The van der Waals surface area contributed by atoms with Gasteiger partial charge in [-0.1, -0.05) is 30.3 Å². The highest BCUT2D eigenvalue weighted by molar-refractivity contribution is 7.92. The Labute approximate surface area is 153 Å². The second kappa shape index (κ2) is 8.48. The first kappa shape index (κ1) is 19.5. The van der Waals surface area contributed by atoms with Gasteiger partial charge in [0.05, 0.1) is 12.0 Å². The Balaban J connectivity index is 1.96. The summed E-state index contributed by atoms with van der Waals surface area (Å²) in [4.78, 5) is 11.9. The van der Waals surface area contributed by atoms with E-state index in [4.69, 9.17) is 4.74 Å². The van der Waals surface area contributed by atoms with Crippen molar-refractivity contribution in [2.45, 2.75) is 13.8 Å². The van der Waals surface area contributed by atoms with Crippen LogP contribution >= 0.6 is 0 Å². The third-order valence-corrected chi connectivity index (χ3v) is 3.99. The molecule has 0 unspecified atom stereocenters. The summed E-state index contributed by atoms with van der Waals surface area (Å²) in [6.07, 6.45) is 1.08. The lowest BCUT2D eigenvalue weighted by Crippen LogP contribution is -2.25. The van der Waals surface area contributed by atoms with Crippen molar-refractivity contribution < 1.29 is 17.9 Å². The number of aryl methyl sites for hydroxylation is 1. The molecule has 0 saturated carbocycles. The quantitative estimate of drug-likeness (QED) is 0.573. The van der Waals surface area contributed by atoms with Crippen LogP contribution in [0.5, 0.6) is 5.75 Å². The fourth-order valence-electron chi connectivity index (χ4n) is 2.13. The number of anilines is 1. The lowest BCUT2D eigenvalue weighted by Gasteiger charge is -2.08. The summed E-state index contributed by atoms with van der Waals surface area (Å²) in [6.45, 7) is 3.45. The standard InChI is InChI=1S/C18H21N3O4S/c1-13-7-4-5-10-17(13)25-12-18(22)20-19-14(2)15-8-6-9-16(11-15)21-26(3,23)24/h4-11,21H,12H2,1-3H3,(H,20,22)/b19-14-. The van der Waals surface area contributed by atoms with Crippen LogP contribution in [0.3, 0.4) is 0 Å². The van der Waals surface area contributed by atoms with Gasteiger partial charge in [-0.25, -0.2) is 13.8 Å². The first-order chi connectivity index (χ1) is 12.2. The van der Waals surface area contributed by atoms with Crippen LogP contribution in [0.4, 0.5) is 5.69 Å². The van der Waals surface area contributed by atoms with Gasteiger partial charge in [0.2, 0.25) is 10.0 Å². The highest BCUT2D eigenvalue weighted by atomic mass is 32.2. The maximum Gasteiger partial charge on any atom is 0.277 e. The molecule has 0 spiro atoms. The normalized spacial score (nSPS) is 11.7. The van der Waals surface area contributed by atoms with Crippen LogP contribution in [-0.2, 0) is 14.8 Å². The van der Waals surface area contributed by atoms with Crippen LogP contribution in [-0.4, -0.2) is 32.9 Å². The van der Waals surface area contributed by atoms with Gasteiger partial charge < -0.3 is 4.74 Å². The number of hydrogen-bond donors (Lipinski definition) is 2. The Morgan fingerprint density at radius 2 is 1.88 bits per heavy atom. The van der Waals surface area contributed by atoms with E-state index >= 15 is 0 Å². The molecule has 0 bridgehead atoms. The molecule has 0 aliphatic carbocycles. The van der Waals surface area contributed by atoms with E-state index in [1.165, 1.54) is 0 Å². The third-order valence-electron chi connectivity index (χ3n) is 3.38. The molecule has 2 N–H and O–H groups in total. The Morgan fingerprint density at radius 3 is 2.58 bits per heavy atom. The average molecular weight is 375 g/mol. The molecule has 0 radical (unpaired) electrons. The predicted molar refractivity (Wildman–Crippen MR) is 102 cm³/mol. The van der Waals surface area contributed by atoms with Crippen molar-refractivity contribution in [3.8, 4) is 5.75 Å². The van der Waals surface area contributed by atoms with E-state index in [0.29, 0.717) is 22.7 Å². The number of rotatable bonds is 7. The van der Waals surface area contributed by atoms with Gasteiger partial charge in [-0.15, -0.1) is 0 Å². The second-order valence-corrected chi connectivity index (χ2v) is 7.49. The van der Waals surface area contributed by atoms with Crippen molar-refractivity contribution >= 4 is 27.3 Å². The zero-order chi connectivity index (χ0) is 19.2. The zero-order valence-electron chi connectivity index (χ0n) is 14.8. The molecule has 2 aromatic carbocycles. The van der Waals surface area contributed by atoms with Crippen LogP contribution in [0.1, 0.15) is 18.1 Å². The number of ether oxygens (including phenoxy) is 1. The Morgan fingerprint density at radius 1 is 1.15 bits per heavy atom. The third kappa shape index (κ3) is 6.21. The Bertz CT molecular complexity index is 924. The van der Waals surface area contributed by atoms with Crippen molar-refractivity contribution in [2.75, 3.05) is 17.6 Å². The molecule has 0 aromatic heterocycles. The molecule has 2 rings (SSSR count). The van der Waals surface area contributed by atoms with Gasteiger partial charge in [0.25, 0.3) is 5.91 Å². The number of sulfonamides is 1. The van der Waals surface area contributed by atoms with Crippen LogP contribution in [0.2, 0.25) is 0 Å². The van der Waals surface area contributed by atoms with Crippen LogP contribution < -0.4 is 14.9 Å². The number of carbonyl (C=O) groups is 1. The largest absolute Gasteiger partial charge is 0.483 e. The smallest absolute Gasteiger partial charge is 0.277 e. The summed E-state index contributed by atoms with van der Waals surface area (Å²) in [5.41, 5.74) is 5.00. The van der Waals surface area contributed by atoms with E-state index in [2.05, 4.69) is 15.2 Å². The zero-order valence-corrected chi connectivity index (χ0v) is 15.6. The van der Waals surface area contributed by atoms with Crippen LogP contribution in [0, 0.1) is 6.92 Å². The van der Waals surface area contributed by atoms with E-state index in [-0.39, 0.29) is 6.61 Å². The fraction of sp³-hybridized carbons (Fsp3) is 0.222. The number of carbonyl (C=O) groups excluding carboxylic acids is 1. The van der Waals surface area contributed by atoms with Crippen LogP contribution in [0.15, 0.2) is 53.6 Å². The molecule has 2 aromatic rings. The molecular weight excluding hydrogens is 354 g/mol. The topological polar surface area (TPSA) is 96.9 Å². The molecule has 0 atom stereocenters. The molecule has 8 heteroatoms. The van der Waals surface area contributed by atoms with E-state index in [1.54, 1.807) is 37.3 Å². The molecule has 26 heavy (non-hydrogen) atoms. The Kier molecular flexibility index (Phi) is 6.35. The highest BCUT2D eigenvalue weighted by Crippen LogP contribution is 2.16. The maximum atomic E-state index is 11.9. The molecule has 7 nitrogen and oxygen atoms in total. The number of para-hydroxylation sites is 1. The lowest BCUT2D eigenvalue weighted by molar-refractivity contribution is -0.123. The minimum atomic E-state index is -3.36. The summed E-state index contributed by atoms with van der Waals surface area (Å²) >= 11 is 0. The first-order valence-electron chi connectivity index (χ1n) is 7.84. The SMILES string of the molecule is C/C(=N/NC(=O)COc1ccccc1C)c1cccc(NS(C)(=O)=O)c1. The molecule has 138 valence electrons. The second-order valence-electron chi connectivity index (χ2n) is 5.74. The molecule has 0 heterocycles. The molecule has 0 aliphatic heterocycles. The van der Waals surface area contributed by atoms with Crippen molar-refractivity contribution in [1.82, 2.24) is 5.43 Å². The number of hydrazone groups is 1. The number of amides is 1. The average Bonchev–Trinajstić information content (AvgIpc) is 2.57. The predicted octanol–water partition coefficient (Wildman–Crippen LogP) is 2.29. The van der Waals surface area contributed by atoms with E-state index in [0.717, 1.165) is 11.8 Å². The molecule has 0 aliphatic rings. The fourth-order valence-corrected chi connectivity index (χ4v) is 2.68. The van der Waals surface area contributed by atoms with E-state index < -0.39 is 15.9 Å². The first-order valence-corrected chi connectivity index (χ1v) is 9.73. The monoisotopic (exact) mass is 375 g/mol. The highest BCUT2D eigenvalue weighted by Gasteiger charge is 2.06. The summed E-state index contributed by atoms with van der Waals surface area (Å²) < 4.78 is 30.4. The summed E-state index contributed by atoms with van der Waals surface area (Å²) in [6, 6.07) is 14.1. The van der Waals surface area contributed by atoms with Crippen LogP contribution in [0.25, 0.3) is 0 Å². The number of benzene rings is 2. The van der Waals surface area contributed by atoms with Crippen molar-refractivity contribution in [3.63, 3.8) is 0 Å². The number of nitrogens with zero attached hydrogens (tertiary/aromatic N) is 1. The van der Waals surface area contributed by atoms with Gasteiger partial charge in [-0.3, -0.25) is 9.52 Å². The van der Waals surface area contributed by atoms with E-state index in [9.17, 15) is 13.2 Å². The van der Waals surface area contributed by atoms with Gasteiger partial charge in [0.1, 0.15) is 5.75 Å². The Hall–Kier alpha value is -2.87. The minimum Gasteiger partial charge on any atom is -0.483 e. The minimum absolute atomic E-state index is 0.155. The summed E-state index contributed by atoms with van der Waals surface area (Å²) in [7, 11) is -3.36. The maximum absolute atomic E-state index is 11.9. The van der Waals surface area contributed by atoms with Crippen molar-refractivity contribution in [3.05, 3.63) is 59.7 Å². The molecular formula is C18H21N3O4S. The van der Waals surface area contributed by atoms with Crippen molar-refractivity contribution in [2.24, 2.45) is 5.10 Å². The van der Waals surface area contributed by atoms with E-state index in [1.807, 2.05) is 25.1 Å². The van der Waals surface area contributed by atoms with Gasteiger partial charge in [0.15, 0.2) is 6.61 Å². The number of nitrogens with one attached hydrogen (secondary N) is 2. The summed E-state index contributed by atoms with van der Waals surface area (Å²) in [5.74, 6) is 0.251. The van der Waals surface area contributed by atoms with Crippen molar-refractivity contribution in [1.29, 1.82) is 0 Å². The molecule has 0 saturated heterocycles. The molecule has 1 amide bonds. The van der Waals surface area contributed by atoms with Gasteiger partial charge >= 0.3 is 0 Å². The van der Waals surface area contributed by atoms with Gasteiger partial charge in [0, 0.05) is 5.69 Å². The van der Waals surface area contributed by atoms with Gasteiger partial charge in [-0.05, 0) is 43.2 Å². The molecule has 0 fully saturated rings.